The topological polar surface area (TPSA) is 60.2 Å². The number of rotatable bonds is 5. The summed E-state index contributed by atoms with van der Waals surface area (Å²) in [6.07, 6.45) is 2.70. The Morgan fingerprint density at radius 2 is 1.94 bits per heavy atom. The molecule has 0 amide bonds. The lowest BCUT2D eigenvalue weighted by molar-refractivity contribution is 0.591. The van der Waals surface area contributed by atoms with Gasteiger partial charge in [0.2, 0.25) is 0 Å². The van der Waals surface area contributed by atoms with Crippen molar-refractivity contribution in [1.82, 2.24) is 0 Å². The second-order valence-corrected chi connectivity index (χ2v) is 6.15. The van der Waals surface area contributed by atoms with E-state index in [9.17, 15) is 8.42 Å². The molecule has 2 N–H and O–H groups in total. The van der Waals surface area contributed by atoms with Gasteiger partial charge >= 0.3 is 0 Å². The van der Waals surface area contributed by atoms with Crippen LogP contribution in [0.2, 0.25) is 0 Å². The van der Waals surface area contributed by atoms with E-state index < -0.39 is 9.84 Å². The third kappa shape index (κ3) is 3.23. The molecule has 0 aliphatic rings. The van der Waals surface area contributed by atoms with Crippen molar-refractivity contribution in [2.24, 2.45) is 0 Å². The molecule has 3 nitrogen and oxygen atoms in total. The summed E-state index contributed by atoms with van der Waals surface area (Å²) in [4.78, 5) is 0.385. The first-order valence-corrected chi connectivity index (χ1v) is 7.21. The Labute approximate surface area is 97.6 Å². The second-order valence-electron chi connectivity index (χ2n) is 4.04. The fraction of sp³-hybridized carbons (Fsp3) is 0.500. The zero-order chi connectivity index (χ0) is 12.2. The van der Waals surface area contributed by atoms with Crippen molar-refractivity contribution in [3.8, 4) is 0 Å². The Kier molecular flexibility index (Phi) is 4.35. The molecular weight excluding hydrogens is 222 g/mol. The van der Waals surface area contributed by atoms with Gasteiger partial charge in [0.15, 0.2) is 9.84 Å². The highest BCUT2D eigenvalue weighted by Crippen LogP contribution is 2.18. The van der Waals surface area contributed by atoms with E-state index in [-0.39, 0.29) is 5.75 Å². The van der Waals surface area contributed by atoms with Gasteiger partial charge < -0.3 is 5.73 Å². The first kappa shape index (κ1) is 13.0. The van der Waals surface area contributed by atoms with Gasteiger partial charge in [-0.2, -0.15) is 0 Å². The smallest absolute Gasteiger partial charge is 0.178 e. The molecule has 0 spiro atoms. The molecule has 0 fully saturated rings. The number of anilines is 1. The number of hydrogen-bond donors (Lipinski definition) is 1. The number of nitrogens with two attached hydrogens (primary N) is 1. The van der Waals surface area contributed by atoms with E-state index in [1.54, 1.807) is 18.2 Å². The minimum absolute atomic E-state index is 0.226. The maximum absolute atomic E-state index is 11.9. The Morgan fingerprint density at radius 3 is 2.50 bits per heavy atom. The SMILES string of the molecule is CCCCCS(=O)(=O)c1ccc(N)c(C)c1. The Morgan fingerprint density at radius 1 is 1.25 bits per heavy atom. The largest absolute Gasteiger partial charge is 0.399 e. The van der Waals surface area contributed by atoms with E-state index in [4.69, 9.17) is 5.73 Å². The molecule has 0 unspecified atom stereocenters. The fourth-order valence-electron chi connectivity index (χ4n) is 1.50. The molecule has 1 rings (SSSR count). The van der Waals surface area contributed by atoms with Gasteiger partial charge in [0.05, 0.1) is 10.6 Å². The molecule has 0 atom stereocenters. The lowest BCUT2D eigenvalue weighted by Gasteiger charge is -2.06. The molecule has 16 heavy (non-hydrogen) atoms. The maximum atomic E-state index is 11.9. The number of aryl methyl sites for hydroxylation is 1. The fourth-order valence-corrected chi connectivity index (χ4v) is 2.95. The summed E-state index contributed by atoms with van der Waals surface area (Å²) >= 11 is 0. The number of nitrogen functional groups attached to an aromatic ring is 1. The second kappa shape index (κ2) is 5.34. The summed E-state index contributed by atoms with van der Waals surface area (Å²) in [7, 11) is -3.13. The van der Waals surface area contributed by atoms with Gasteiger partial charge in [0, 0.05) is 5.69 Å². The number of sulfone groups is 1. The molecule has 0 saturated carbocycles. The summed E-state index contributed by atoms with van der Waals surface area (Å²) in [5.74, 6) is 0.226. The van der Waals surface area contributed by atoms with Crippen molar-refractivity contribution in [1.29, 1.82) is 0 Å². The third-order valence-corrected chi connectivity index (χ3v) is 4.42. The maximum Gasteiger partial charge on any atom is 0.178 e. The molecule has 0 saturated heterocycles. The summed E-state index contributed by atoms with van der Waals surface area (Å²) in [6, 6.07) is 4.89. The zero-order valence-corrected chi connectivity index (χ0v) is 10.7. The monoisotopic (exact) mass is 241 g/mol. The number of unbranched alkanes of at least 4 members (excludes halogenated alkanes) is 2. The highest BCUT2D eigenvalue weighted by Gasteiger charge is 2.14. The van der Waals surface area contributed by atoms with Crippen LogP contribution in [-0.4, -0.2) is 14.2 Å². The Bertz CT molecular complexity index is 452. The van der Waals surface area contributed by atoms with E-state index >= 15 is 0 Å². The van der Waals surface area contributed by atoms with Crippen LogP contribution in [0.1, 0.15) is 31.7 Å². The Hall–Kier alpha value is -1.03. The summed E-state index contributed by atoms with van der Waals surface area (Å²) < 4.78 is 23.9. The molecule has 1 aromatic carbocycles. The average molecular weight is 241 g/mol. The van der Waals surface area contributed by atoms with Crippen LogP contribution in [0.5, 0.6) is 0 Å². The van der Waals surface area contributed by atoms with Crippen LogP contribution in [-0.2, 0) is 9.84 Å². The van der Waals surface area contributed by atoms with Gasteiger partial charge in [-0.15, -0.1) is 0 Å². The van der Waals surface area contributed by atoms with Crippen molar-refractivity contribution < 1.29 is 8.42 Å². The first-order valence-electron chi connectivity index (χ1n) is 5.56. The molecule has 4 heteroatoms. The van der Waals surface area contributed by atoms with Crippen LogP contribution in [0.3, 0.4) is 0 Å². The standard InChI is InChI=1S/C12H19NO2S/c1-3-4-5-8-16(14,15)11-6-7-12(13)10(2)9-11/h6-7,9H,3-5,8,13H2,1-2H3. The lowest BCUT2D eigenvalue weighted by atomic mass is 10.2. The molecule has 0 aliphatic carbocycles. The third-order valence-electron chi connectivity index (χ3n) is 2.62. The molecule has 0 radical (unpaired) electrons. The van der Waals surface area contributed by atoms with Gasteiger partial charge in [-0.05, 0) is 37.1 Å². The van der Waals surface area contributed by atoms with Crippen molar-refractivity contribution in [3.63, 3.8) is 0 Å². The molecule has 0 bridgehead atoms. The summed E-state index contributed by atoms with van der Waals surface area (Å²) in [6.45, 7) is 3.88. The highest BCUT2D eigenvalue weighted by atomic mass is 32.2. The summed E-state index contributed by atoms with van der Waals surface area (Å²) in [5.41, 5.74) is 7.11. The summed E-state index contributed by atoms with van der Waals surface area (Å²) in [5, 5.41) is 0. The van der Waals surface area contributed by atoms with Crippen molar-refractivity contribution in [2.45, 2.75) is 38.0 Å². The van der Waals surface area contributed by atoms with E-state index in [2.05, 4.69) is 6.92 Å². The van der Waals surface area contributed by atoms with Crippen LogP contribution >= 0.6 is 0 Å². The van der Waals surface area contributed by atoms with Crippen LogP contribution in [0.15, 0.2) is 23.1 Å². The van der Waals surface area contributed by atoms with Crippen molar-refractivity contribution in [3.05, 3.63) is 23.8 Å². The van der Waals surface area contributed by atoms with E-state index in [1.165, 1.54) is 0 Å². The van der Waals surface area contributed by atoms with Crippen molar-refractivity contribution >= 4 is 15.5 Å². The van der Waals surface area contributed by atoms with Crippen LogP contribution in [0, 0.1) is 6.92 Å². The predicted octanol–water partition coefficient (Wildman–Crippen LogP) is 2.54. The van der Waals surface area contributed by atoms with Crippen molar-refractivity contribution in [2.75, 3.05) is 11.5 Å². The molecular formula is C12H19NO2S. The van der Waals surface area contributed by atoms with E-state index in [0.717, 1.165) is 24.8 Å². The van der Waals surface area contributed by atoms with E-state index in [1.807, 2.05) is 6.92 Å². The van der Waals surface area contributed by atoms with Gasteiger partial charge in [0.25, 0.3) is 0 Å². The zero-order valence-electron chi connectivity index (χ0n) is 9.86. The number of hydrogen-bond acceptors (Lipinski definition) is 3. The molecule has 0 heterocycles. The van der Waals surface area contributed by atoms with Gasteiger partial charge in [-0.25, -0.2) is 8.42 Å². The first-order chi connectivity index (χ1) is 7.47. The van der Waals surface area contributed by atoms with Crippen LogP contribution in [0.4, 0.5) is 5.69 Å². The minimum Gasteiger partial charge on any atom is -0.399 e. The van der Waals surface area contributed by atoms with Gasteiger partial charge in [0.1, 0.15) is 0 Å². The van der Waals surface area contributed by atoms with Crippen LogP contribution in [0.25, 0.3) is 0 Å². The molecule has 0 aromatic heterocycles. The van der Waals surface area contributed by atoms with Gasteiger partial charge in [-0.1, -0.05) is 19.8 Å². The predicted molar refractivity (Wildman–Crippen MR) is 67.2 cm³/mol. The normalized spacial score (nSPS) is 11.6. The molecule has 90 valence electrons. The molecule has 1 aromatic rings. The average Bonchev–Trinajstić information content (AvgIpc) is 2.22. The highest BCUT2D eigenvalue weighted by molar-refractivity contribution is 7.91. The Balaban J connectivity index is 2.86. The molecule has 0 aliphatic heterocycles. The lowest BCUT2D eigenvalue weighted by Crippen LogP contribution is -2.07. The van der Waals surface area contributed by atoms with Gasteiger partial charge in [-0.3, -0.25) is 0 Å². The van der Waals surface area contributed by atoms with Crippen LogP contribution < -0.4 is 5.73 Å². The number of benzene rings is 1. The van der Waals surface area contributed by atoms with E-state index in [0.29, 0.717) is 10.6 Å². The quantitative estimate of drug-likeness (QED) is 0.636. The minimum atomic E-state index is -3.13.